The summed E-state index contributed by atoms with van der Waals surface area (Å²) in [5, 5.41) is 18.1. The summed E-state index contributed by atoms with van der Waals surface area (Å²) in [4.78, 5) is 116. The molecule has 0 aliphatic rings. The number of rotatable bonds is 32. The van der Waals surface area contributed by atoms with Crippen LogP contribution < -0.4 is 52.7 Å². The highest BCUT2D eigenvalue weighted by atomic mass is 16.5. The number of carbonyl (C=O) groups is 8. The highest BCUT2D eigenvalue weighted by molar-refractivity contribution is 5.97. The second-order valence-corrected chi connectivity index (χ2v) is 19.7. The van der Waals surface area contributed by atoms with E-state index in [1.807, 2.05) is 74.5 Å². The zero-order chi connectivity index (χ0) is 56.4. The number of nitrogens with zero attached hydrogens (tertiary/aromatic N) is 1. The summed E-state index contributed by atoms with van der Waals surface area (Å²) in [6.07, 6.45) is 2.87. The van der Waals surface area contributed by atoms with Crippen molar-refractivity contribution in [2.75, 3.05) is 32.2 Å². The minimum Gasteiger partial charge on any atom is -0.494 e. The van der Waals surface area contributed by atoms with Crippen LogP contribution in [0.2, 0.25) is 0 Å². The van der Waals surface area contributed by atoms with Gasteiger partial charge in [0.2, 0.25) is 35.4 Å². The highest BCUT2D eigenvalue weighted by Crippen LogP contribution is 2.26. The first-order valence-electron chi connectivity index (χ1n) is 26.0. The smallest absolute Gasteiger partial charge is 0.407 e. The molecule has 0 aliphatic heterocycles. The Labute approximate surface area is 449 Å². The van der Waals surface area contributed by atoms with Gasteiger partial charge >= 0.3 is 12.1 Å². The monoisotopic (exact) mass is 1070 g/mol. The third kappa shape index (κ3) is 21.7. The predicted molar refractivity (Wildman–Crippen MR) is 289 cm³/mol. The lowest BCUT2D eigenvalue weighted by atomic mass is 9.98. The van der Waals surface area contributed by atoms with Crippen LogP contribution in [0.1, 0.15) is 98.5 Å². The number of alkyl carbamates (subject to hydrolysis) is 1. The third-order valence-electron chi connectivity index (χ3n) is 12.1. The first-order valence-corrected chi connectivity index (χ1v) is 26.0. The van der Waals surface area contributed by atoms with Gasteiger partial charge in [-0.25, -0.2) is 9.59 Å². The maximum atomic E-state index is 13.5. The van der Waals surface area contributed by atoms with Crippen LogP contribution >= 0.6 is 0 Å². The van der Waals surface area contributed by atoms with Crippen LogP contribution in [0.25, 0.3) is 10.8 Å². The number of pyridine rings is 1. The van der Waals surface area contributed by atoms with Gasteiger partial charge in [0.25, 0.3) is 5.56 Å². The molecule has 8 N–H and O–H groups in total. The Morgan fingerprint density at radius 1 is 0.636 bits per heavy atom. The Morgan fingerprint density at radius 2 is 1.26 bits per heavy atom. The molecule has 0 saturated heterocycles. The third-order valence-corrected chi connectivity index (χ3v) is 12.1. The van der Waals surface area contributed by atoms with Crippen molar-refractivity contribution in [3.8, 4) is 11.5 Å². The molecule has 1 heterocycles. The van der Waals surface area contributed by atoms with Gasteiger partial charge in [-0.3, -0.25) is 33.6 Å². The van der Waals surface area contributed by atoms with Crippen molar-refractivity contribution in [2.24, 2.45) is 23.5 Å². The van der Waals surface area contributed by atoms with E-state index < -0.39 is 71.3 Å². The number of fused-ring (bicyclic) bond motifs is 1. The molecule has 0 unspecified atom stereocenters. The number of hydrogen-bond donors (Lipinski definition) is 7. The van der Waals surface area contributed by atoms with Crippen LogP contribution in [0, 0.1) is 17.8 Å². The Morgan fingerprint density at radius 3 is 1.84 bits per heavy atom. The molecule has 4 rings (SSSR count). The summed E-state index contributed by atoms with van der Waals surface area (Å²) in [6, 6.07) is 19.4. The first kappa shape index (κ1) is 61.6. The number of carbonyl (C=O) groups excluding carboxylic acids is 8. The van der Waals surface area contributed by atoms with Gasteiger partial charge < -0.3 is 61.1 Å². The molecule has 0 radical (unpaired) electrons. The molecule has 0 spiro atoms. The number of hydrogen-bond acceptors (Lipinski definition) is 13. The topological polar surface area (TPSA) is 294 Å². The SMILES string of the molecule is COC(=O)[C@@H](NC(=O)[C@H](CC(C)C)NC(=O)[C@@H](NC(=O)CCCOc1ccc2ccc(OCCCC(=O)N[C@H](CCCCNC(=O)OCc3ccccc3)C(=O)Nc3cccn(CC(N)=O)c3=O)cc2c1)C(C)C)C(C)C. The summed E-state index contributed by atoms with van der Waals surface area (Å²) in [5.74, 6) is -3.19. The summed E-state index contributed by atoms with van der Waals surface area (Å²) in [6.45, 7) is 11.3. The molecule has 21 nitrogen and oxygen atoms in total. The Balaban J connectivity index is 1.25. The average Bonchev–Trinajstić information content (AvgIpc) is 3.39. The molecule has 0 bridgehead atoms. The number of aromatic nitrogens is 1. The molecule has 0 fully saturated rings. The highest BCUT2D eigenvalue weighted by Gasteiger charge is 2.33. The van der Waals surface area contributed by atoms with Crippen molar-refractivity contribution in [3.63, 3.8) is 0 Å². The zero-order valence-electron chi connectivity index (χ0n) is 45.1. The Hall–Kier alpha value is -7.97. The Kier molecular flexibility index (Phi) is 25.4. The van der Waals surface area contributed by atoms with Crippen LogP contribution in [0.4, 0.5) is 10.5 Å². The average molecular weight is 1070 g/mol. The fourth-order valence-corrected chi connectivity index (χ4v) is 7.97. The van der Waals surface area contributed by atoms with Gasteiger partial charge in [0.05, 0.1) is 20.3 Å². The van der Waals surface area contributed by atoms with Crippen LogP contribution in [0.3, 0.4) is 0 Å². The molecule has 1 aromatic heterocycles. The standard InChI is InChI=1S/C56H76N8O13/c1-35(2)30-45(52(69)63-50(37(5)6)55(72)74-7)61-53(70)49(36(3)4)62-48(67)21-15-29-76-42-25-23-39-22-24-41(31-40(39)32-42)75-28-14-20-47(66)59-43(51(68)60-44-19-13-27-64(54(44)71)33-46(57)65)18-11-12-26-58-56(73)77-34-38-16-9-8-10-17-38/h8-10,13,16-17,19,22-25,27,31-32,35-37,43,45,49-50H,11-12,14-15,18,20-21,26,28-30,33-34H2,1-7H3,(H2,57,65)(H,58,73)(H,59,66)(H,60,68)(H,61,70)(H,62,67)(H,63,69)/t43-,45+,49+,50+/m1/s1. The Bertz CT molecular complexity index is 2680. The number of unbranched alkanes of at least 4 members (excludes halogenated alkanes) is 1. The van der Waals surface area contributed by atoms with E-state index in [0.29, 0.717) is 43.6 Å². The van der Waals surface area contributed by atoms with E-state index in [9.17, 15) is 43.2 Å². The van der Waals surface area contributed by atoms with Gasteiger partial charge in [0.1, 0.15) is 54.5 Å². The van der Waals surface area contributed by atoms with Gasteiger partial charge in [-0.1, -0.05) is 84.0 Å². The van der Waals surface area contributed by atoms with Gasteiger partial charge in [0, 0.05) is 25.6 Å². The lowest BCUT2D eigenvalue weighted by molar-refractivity contribution is -0.146. The van der Waals surface area contributed by atoms with Crippen LogP contribution in [0.15, 0.2) is 89.9 Å². The van der Waals surface area contributed by atoms with Crippen molar-refractivity contribution in [2.45, 2.75) is 130 Å². The molecular formula is C56H76N8O13. The quantitative estimate of drug-likeness (QED) is 0.0250. The van der Waals surface area contributed by atoms with Crippen molar-refractivity contribution < 1.29 is 57.3 Å². The van der Waals surface area contributed by atoms with Gasteiger partial charge in [-0.2, -0.15) is 0 Å². The van der Waals surface area contributed by atoms with E-state index in [0.717, 1.165) is 20.9 Å². The maximum Gasteiger partial charge on any atom is 0.407 e. The fourth-order valence-electron chi connectivity index (χ4n) is 7.97. The molecule has 0 aliphatic carbocycles. The molecular weight excluding hydrogens is 993 g/mol. The van der Waals surface area contributed by atoms with Crippen LogP contribution in [0.5, 0.6) is 11.5 Å². The minimum atomic E-state index is -1.04. The molecule has 4 atom stereocenters. The maximum absolute atomic E-state index is 13.5. The lowest BCUT2D eigenvalue weighted by Crippen LogP contribution is -2.57. The number of anilines is 1. The van der Waals surface area contributed by atoms with E-state index in [1.165, 1.54) is 25.4 Å². The fraction of sp³-hybridized carbons (Fsp3) is 0.482. The number of nitrogens with two attached hydrogens (primary N) is 1. The molecule has 21 heteroatoms. The molecule has 77 heavy (non-hydrogen) atoms. The van der Waals surface area contributed by atoms with Gasteiger partial charge in [-0.15, -0.1) is 0 Å². The summed E-state index contributed by atoms with van der Waals surface area (Å²) in [5.41, 5.74) is 5.37. The molecule has 7 amide bonds. The van der Waals surface area contributed by atoms with Crippen molar-refractivity contribution in [1.82, 2.24) is 31.2 Å². The molecule has 4 aromatic rings. The van der Waals surface area contributed by atoms with Crippen molar-refractivity contribution >= 4 is 64.0 Å². The van der Waals surface area contributed by atoms with E-state index in [4.69, 9.17) is 24.7 Å². The minimum absolute atomic E-state index is 0.0143. The summed E-state index contributed by atoms with van der Waals surface area (Å²) in [7, 11) is 1.24. The molecule has 3 aromatic carbocycles. The predicted octanol–water partition coefficient (Wildman–Crippen LogP) is 5.01. The largest absolute Gasteiger partial charge is 0.494 e. The van der Waals surface area contributed by atoms with E-state index >= 15 is 0 Å². The number of ether oxygens (including phenoxy) is 4. The zero-order valence-corrected chi connectivity index (χ0v) is 45.1. The van der Waals surface area contributed by atoms with Crippen LogP contribution in [-0.4, -0.2) is 103 Å². The van der Waals surface area contributed by atoms with Gasteiger partial charge in [0.15, 0.2) is 0 Å². The number of methoxy groups -OCH3 is 1. The normalized spacial score (nSPS) is 12.6. The van der Waals surface area contributed by atoms with Gasteiger partial charge in [-0.05, 0) is 109 Å². The number of esters is 1. The van der Waals surface area contributed by atoms with E-state index in [1.54, 1.807) is 33.8 Å². The van der Waals surface area contributed by atoms with E-state index in [2.05, 4.69) is 31.9 Å². The van der Waals surface area contributed by atoms with Crippen LogP contribution in [-0.2, 0) is 56.2 Å². The second kappa shape index (κ2) is 31.8. The number of nitrogens with one attached hydrogen (secondary N) is 6. The lowest BCUT2D eigenvalue weighted by Gasteiger charge is -2.28. The van der Waals surface area contributed by atoms with Crippen molar-refractivity contribution in [1.29, 1.82) is 0 Å². The molecule has 0 saturated carbocycles. The summed E-state index contributed by atoms with van der Waals surface area (Å²) >= 11 is 0. The number of primary amides is 1. The summed E-state index contributed by atoms with van der Waals surface area (Å²) < 4.78 is 23.1. The number of benzene rings is 3. The van der Waals surface area contributed by atoms with E-state index in [-0.39, 0.29) is 81.5 Å². The second-order valence-electron chi connectivity index (χ2n) is 19.7. The first-order chi connectivity index (χ1) is 36.7. The molecule has 418 valence electrons. The van der Waals surface area contributed by atoms with Crippen molar-refractivity contribution in [3.05, 3.63) is 101 Å². The number of amides is 7.